The fourth-order valence-corrected chi connectivity index (χ4v) is 1.99. The summed E-state index contributed by atoms with van der Waals surface area (Å²) in [6.07, 6.45) is 4.88. The van der Waals surface area contributed by atoms with Crippen molar-refractivity contribution in [2.45, 2.75) is 6.92 Å². The molecule has 0 radical (unpaired) electrons. The molecule has 19 heavy (non-hydrogen) atoms. The number of anilines is 1. The number of fused-ring (bicyclic) bond motifs is 1. The number of nitrogens with zero attached hydrogens (tertiary/aromatic N) is 4. The van der Waals surface area contributed by atoms with E-state index in [1.54, 1.807) is 23.0 Å². The van der Waals surface area contributed by atoms with E-state index in [4.69, 9.17) is 5.73 Å². The summed E-state index contributed by atoms with van der Waals surface area (Å²) >= 11 is 0. The third-order valence-corrected chi connectivity index (χ3v) is 2.81. The number of carbonyl (C=O) groups excluding carboxylic acids is 1. The standard InChI is InChI=1S/C13H11N5O/c1-8(19)13-17-10(9-4-2-3-5-15-9)11-12(14)16-6-7-18(11)13/h2-7H,1H3,(H2,14,16). The smallest absolute Gasteiger partial charge is 0.195 e. The van der Waals surface area contributed by atoms with Crippen molar-refractivity contribution in [3.8, 4) is 11.4 Å². The van der Waals surface area contributed by atoms with Crippen LogP contribution in [0.1, 0.15) is 17.5 Å². The Balaban J connectivity index is 2.40. The predicted octanol–water partition coefficient (Wildman–Crippen LogP) is 1.58. The minimum Gasteiger partial charge on any atom is -0.382 e. The summed E-state index contributed by atoms with van der Waals surface area (Å²) in [6, 6.07) is 5.49. The van der Waals surface area contributed by atoms with E-state index in [1.807, 2.05) is 18.2 Å². The second-order valence-corrected chi connectivity index (χ2v) is 4.09. The molecule has 0 aliphatic heterocycles. The van der Waals surface area contributed by atoms with E-state index in [0.29, 0.717) is 28.5 Å². The molecule has 0 saturated carbocycles. The summed E-state index contributed by atoms with van der Waals surface area (Å²) < 4.78 is 1.65. The van der Waals surface area contributed by atoms with E-state index < -0.39 is 0 Å². The van der Waals surface area contributed by atoms with E-state index in [-0.39, 0.29) is 5.78 Å². The number of hydrogen-bond donors (Lipinski definition) is 1. The number of imidazole rings is 1. The van der Waals surface area contributed by atoms with Crippen molar-refractivity contribution in [3.63, 3.8) is 0 Å². The minimum absolute atomic E-state index is 0.136. The van der Waals surface area contributed by atoms with Crippen LogP contribution < -0.4 is 5.73 Å². The normalized spacial score (nSPS) is 10.8. The van der Waals surface area contributed by atoms with Crippen LogP contribution >= 0.6 is 0 Å². The number of hydrogen-bond acceptors (Lipinski definition) is 5. The van der Waals surface area contributed by atoms with E-state index in [1.165, 1.54) is 6.92 Å². The van der Waals surface area contributed by atoms with Gasteiger partial charge in [0, 0.05) is 25.5 Å². The number of ketones is 1. The topological polar surface area (TPSA) is 86.2 Å². The van der Waals surface area contributed by atoms with Gasteiger partial charge in [0.05, 0.1) is 5.69 Å². The second kappa shape index (κ2) is 4.16. The third-order valence-electron chi connectivity index (χ3n) is 2.81. The largest absolute Gasteiger partial charge is 0.382 e. The Morgan fingerprint density at radius 1 is 1.26 bits per heavy atom. The van der Waals surface area contributed by atoms with E-state index >= 15 is 0 Å². The summed E-state index contributed by atoms with van der Waals surface area (Å²) in [7, 11) is 0. The lowest BCUT2D eigenvalue weighted by Crippen LogP contribution is -2.02. The number of rotatable bonds is 2. The molecule has 0 bridgehead atoms. The molecule has 0 fully saturated rings. The molecule has 0 atom stereocenters. The van der Waals surface area contributed by atoms with E-state index in [0.717, 1.165) is 0 Å². The Kier molecular flexibility index (Phi) is 2.49. The SMILES string of the molecule is CC(=O)c1nc(-c2ccccn2)c2c(N)nccn12. The van der Waals surface area contributed by atoms with E-state index in [9.17, 15) is 4.79 Å². The summed E-state index contributed by atoms with van der Waals surface area (Å²) in [4.78, 5) is 24.3. The van der Waals surface area contributed by atoms with Crippen molar-refractivity contribution in [1.29, 1.82) is 0 Å². The van der Waals surface area contributed by atoms with Gasteiger partial charge in [-0.15, -0.1) is 0 Å². The number of aromatic nitrogens is 4. The van der Waals surface area contributed by atoms with Gasteiger partial charge in [-0.25, -0.2) is 9.97 Å². The highest BCUT2D eigenvalue weighted by Crippen LogP contribution is 2.26. The maximum Gasteiger partial charge on any atom is 0.195 e. The minimum atomic E-state index is -0.136. The fraction of sp³-hybridized carbons (Fsp3) is 0.0769. The highest BCUT2D eigenvalue weighted by Gasteiger charge is 2.18. The maximum atomic E-state index is 11.7. The molecule has 0 spiro atoms. The molecule has 2 N–H and O–H groups in total. The Labute approximate surface area is 108 Å². The van der Waals surface area contributed by atoms with Crippen LogP contribution in [0.25, 0.3) is 16.9 Å². The Hall–Kier alpha value is -2.76. The highest BCUT2D eigenvalue weighted by atomic mass is 16.1. The Morgan fingerprint density at radius 3 is 2.79 bits per heavy atom. The first kappa shape index (κ1) is 11.3. The van der Waals surface area contributed by atoms with Gasteiger partial charge < -0.3 is 5.73 Å². The average molecular weight is 253 g/mol. The van der Waals surface area contributed by atoms with Gasteiger partial charge in [-0.3, -0.25) is 14.2 Å². The van der Waals surface area contributed by atoms with E-state index in [2.05, 4.69) is 15.0 Å². The van der Waals surface area contributed by atoms with Crippen LogP contribution in [0.15, 0.2) is 36.8 Å². The number of carbonyl (C=O) groups is 1. The quantitative estimate of drug-likeness (QED) is 0.700. The number of pyridine rings is 1. The molecule has 3 aromatic heterocycles. The third kappa shape index (κ3) is 1.74. The van der Waals surface area contributed by atoms with Crippen molar-refractivity contribution in [2.24, 2.45) is 0 Å². The van der Waals surface area contributed by atoms with Gasteiger partial charge in [-0.05, 0) is 12.1 Å². The Morgan fingerprint density at radius 2 is 2.11 bits per heavy atom. The second-order valence-electron chi connectivity index (χ2n) is 4.09. The highest BCUT2D eigenvalue weighted by molar-refractivity contribution is 5.95. The molecule has 0 amide bonds. The number of Topliss-reactive ketones (excluding diaryl/α,β-unsaturated/α-hetero) is 1. The lowest BCUT2D eigenvalue weighted by Gasteiger charge is -2.00. The average Bonchev–Trinajstić information content (AvgIpc) is 2.81. The van der Waals surface area contributed by atoms with Gasteiger partial charge in [-0.1, -0.05) is 6.07 Å². The van der Waals surface area contributed by atoms with Gasteiger partial charge in [-0.2, -0.15) is 0 Å². The Bertz CT molecular complexity index is 763. The fourth-order valence-electron chi connectivity index (χ4n) is 1.99. The van der Waals surface area contributed by atoms with Crippen LogP contribution in [0.4, 0.5) is 5.82 Å². The number of nitrogen functional groups attached to an aromatic ring is 1. The van der Waals surface area contributed by atoms with Crippen LogP contribution in [0, 0.1) is 0 Å². The zero-order valence-electron chi connectivity index (χ0n) is 10.2. The predicted molar refractivity (Wildman–Crippen MR) is 70.6 cm³/mol. The first-order chi connectivity index (χ1) is 9.18. The van der Waals surface area contributed by atoms with Crippen molar-refractivity contribution in [3.05, 3.63) is 42.6 Å². The summed E-state index contributed by atoms with van der Waals surface area (Å²) in [5.41, 5.74) is 7.73. The summed E-state index contributed by atoms with van der Waals surface area (Å²) in [5.74, 6) is 0.510. The molecule has 0 aromatic carbocycles. The molecule has 6 heteroatoms. The van der Waals surface area contributed by atoms with Gasteiger partial charge >= 0.3 is 0 Å². The van der Waals surface area contributed by atoms with Gasteiger partial charge in [0.2, 0.25) is 0 Å². The molecule has 0 unspecified atom stereocenters. The molecule has 3 aromatic rings. The lowest BCUT2D eigenvalue weighted by atomic mass is 10.2. The maximum absolute atomic E-state index is 11.7. The van der Waals surface area contributed by atoms with Crippen LogP contribution in [-0.2, 0) is 0 Å². The molecule has 3 heterocycles. The van der Waals surface area contributed by atoms with Crippen molar-refractivity contribution >= 4 is 17.1 Å². The zero-order valence-corrected chi connectivity index (χ0v) is 10.2. The van der Waals surface area contributed by atoms with Crippen molar-refractivity contribution < 1.29 is 4.79 Å². The molecule has 94 valence electrons. The van der Waals surface area contributed by atoms with Crippen molar-refractivity contribution in [1.82, 2.24) is 19.4 Å². The van der Waals surface area contributed by atoms with Gasteiger partial charge in [0.1, 0.15) is 17.0 Å². The molecule has 0 aliphatic rings. The van der Waals surface area contributed by atoms with Gasteiger partial charge in [0.25, 0.3) is 0 Å². The molecule has 3 rings (SSSR count). The first-order valence-corrected chi connectivity index (χ1v) is 5.73. The molecular weight excluding hydrogens is 242 g/mol. The van der Waals surface area contributed by atoms with Gasteiger partial charge in [0.15, 0.2) is 11.6 Å². The first-order valence-electron chi connectivity index (χ1n) is 5.73. The summed E-state index contributed by atoms with van der Waals surface area (Å²) in [5, 5.41) is 0. The van der Waals surface area contributed by atoms with Crippen molar-refractivity contribution in [2.75, 3.05) is 5.73 Å². The van der Waals surface area contributed by atoms with Crippen LogP contribution in [0.5, 0.6) is 0 Å². The molecular formula is C13H11N5O. The molecule has 6 nitrogen and oxygen atoms in total. The molecule has 0 aliphatic carbocycles. The van der Waals surface area contributed by atoms with Crippen LogP contribution in [0.3, 0.4) is 0 Å². The summed E-state index contributed by atoms with van der Waals surface area (Å²) in [6.45, 7) is 1.47. The van der Waals surface area contributed by atoms with Crippen LogP contribution in [-0.4, -0.2) is 25.1 Å². The zero-order chi connectivity index (χ0) is 13.4. The molecule has 0 saturated heterocycles. The monoisotopic (exact) mass is 253 g/mol. The van der Waals surface area contributed by atoms with Crippen LogP contribution in [0.2, 0.25) is 0 Å². The number of nitrogens with two attached hydrogens (primary N) is 1. The lowest BCUT2D eigenvalue weighted by molar-refractivity contribution is 0.100.